The van der Waals surface area contributed by atoms with Gasteiger partial charge >= 0.3 is 5.69 Å². The third-order valence-electron chi connectivity index (χ3n) is 9.33. The summed E-state index contributed by atoms with van der Waals surface area (Å²) in [6.45, 7) is 9.74. The molecule has 1 aromatic heterocycles. The van der Waals surface area contributed by atoms with Gasteiger partial charge in [0.05, 0.1) is 22.2 Å². The molecule has 0 aliphatic carbocycles. The van der Waals surface area contributed by atoms with Crippen molar-refractivity contribution in [3.63, 3.8) is 0 Å². The molecule has 2 fully saturated rings. The van der Waals surface area contributed by atoms with Crippen molar-refractivity contribution in [2.75, 3.05) is 44.7 Å². The van der Waals surface area contributed by atoms with Crippen LogP contribution in [-0.2, 0) is 4.79 Å². The van der Waals surface area contributed by atoms with E-state index >= 15 is 4.39 Å². The zero-order chi connectivity index (χ0) is 31.5. The fourth-order valence-corrected chi connectivity index (χ4v) is 7.19. The normalized spacial score (nSPS) is 23.5. The van der Waals surface area contributed by atoms with Gasteiger partial charge in [0, 0.05) is 67.3 Å². The lowest BCUT2D eigenvalue weighted by Crippen LogP contribution is -2.58. The molecule has 0 radical (unpaired) electrons. The number of carbonyl (C=O) groups excluding carboxylic acids is 1. The summed E-state index contributed by atoms with van der Waals surface area (Å²) in [4.78, 5) is 36.9. The zero-order valence-electron chi connectivity index (χ0n) is 25.0. The number of hydrogen-bond donors (Lipinski definition) is 1. The van der Waals surface area contributed by atoms with Gasteiger partial charge in [-0.1, -0.05) is 18.2 Å². The molecule has 4 heterocycles. The second kappa shape index (κ2) is 11.4. The highest BCUT2D eigenvalue weighted by atomic mass is 35.5. The van der Waals surface area contributed by atoms with Crippen molar-refractivity contribution in [3.05, 3.63) is 64.1 Å². The highest BCUT2D eigenvalue weighted by molar-refractivity contribution is 6.35. The van der Waals surface area contributed by atoms with Crippen LogP contribution in [0.2, 0.25) is 5.02 Å². The predicted molar refractivity (Wildman–Crippen MR) is 165 cm³/mol. The summed E-state index contributed by atoms with van der Waals surface area (Å²) in [5.41, 5.74) is -0.896. The summed E-state index contributed by atoms with van der Waals surface area (Å²) in [5, 5.41) is 12.2. The van der Waals surface area contributed by atoms with E-state index in [0.717, 1.165) is 25.2 Å². The Kier molecular flexibility index (Phi) is 7.92. The van der Waals surface area contributed by atoms with Gasteiger partial charge in [-0.2, -0.15) is 4.98 Å². The lowest BCUT2D eigenvalue weighted by Gasteiger charge is -2.45. The van der Waals surface area contributed by atoms with E-state index in [9.17, 15) is 19.1 Å². The lowest BCUT2D eigenvalue weighted by molar-refractivity contribution is -0.128. The van der Waals surface area contributed by atoms with Crippen molar-refractivity contribution in [3.8, 4) is 16.9 Å². The molecule has 3 aromatic rings. The third kappa shape index (κ3) is 5.24. The van der Waals surface area contributed by atoms with Crippen LogP contribution in [0.4, 0.5) is 14.6 Å². The van der Waals surface area contributed by atoms with Crippen molar-refractivity contribution in [2.24, 2.45) is 0 Å². The number of nitrogens with zero attached hydrogens (tertiary/aromatic N) is 5. The minimum Gasteiger partial charge on any atom is -0.488 e. The highest BCUT2D eigenvalue weighted by Crippen LogP contribution is 2.48. The Bertz CT molecular complexity index is 1710. The van der Waals surface area contributed by atoms with E-state index in [1.807, 2.05) is 25.8 Å². The zero-order valence-corrected chi connectivity index (χ0v) is 25.8. The third-order valence-corrected chi connectivity index (χ3v) is 9.63. The summed E-state index contributed by atoms with van der Waals surface area (Å²) in [6.07, 6.45) is 2.66. The van der Waals surface area contributed by atoms with Crippen LogP contribution in [0, 0.1) is 11.6 Å². The van der Waals surface area contributed by atoms with E-state index in [-0.39, 0.29) is 52.9 Å². The molecule has 1 amide bonds. The van der Waals surface area contributed by atoms with Gasteiger partial charge in [0.1, 0.15) is 24.1 Å². The molecule has 2 saturated heterocycles. The van der Waals surface area contributed by atoms with Gasteiger partial charge in [-0.05, 0) is 58.0 Å². The number of aromatic nitrogens is 2. The van der Waals surface area contributed by atoms with Gasteiger partial charge in [-0.25, -0.2) is 13.6 Å². The first kappa shape index (κ1) is 30.5. The number of piperidine rings is 1. The first-order chi connectivity index (χ1) is 20.9. The molecule has 0 spiro atoms. The number of halogens is 3. The van der Waals surface area contributed by atoms with Gasteiger partial charge < -0.3 is 24.5 Å². The first-order valence-corrected chi connectivity index (χ1v) is 15.3. The molecule has 3 atom stereocenters. The van der Waals surface area contributed by atoms with Crippen molar-refractivity contribution >= 4 is 34.2 Å². The summed E-state index contributed by atoms with van der Waals surface area (Å²) in [7, 11) is 2.01. The fourth-order valence-electron chi connectivity index (χ4n) is 6.90. The van der Waals surface area contributed by atoms with Crippen LogP contribution in [-0.4, -0.2) is 87.9 Å². The Labute approximate surface area is 259 Å². The second-order valence-electron chi connectivity index (χ2n) is 12.4. The van der Waals surface area contributed by atoms with Gasteiger partial charge in [-0.3, -0.25) is 9.36 Å². The molecule has 6 rings (SSSR count). The molecule has 3 aliphatic heterocycles. The number of anilines is 1. The summed E-state index contributed by atoms with van der Waals surface area (Å²) < 4.78 is 36.9. The Morgan fingerprint density at radius 3 is 2.61 bits per heavy atom. The van der Waals surface area contributed by atoms with E-state index in [1.165, 1.54) is 12.1 Å². The van der Waals surface area contributed by atoms with Gasteiger partial charge in [0.2, 0.25) is 5.91 Å². The number of hydrogen-bond acceptors (Lipinski definition) is 7. The van der Waals surface area contributed by atoms with E-state index in [4.69, 9.17) is 16.3 Å². The van der Waals surface area contributed by atoms with Crippen LogP contribution in [0.1, 0.15) is 39.2 Å². The summed E-state index contributed by atoms with van der Waals surface area (Å²) in [5.74, 6) is -1.15. The van der Waals surface area contributed by atoms with Crippen LogP contribution in [0.25, 0.3) is 22.0 Å². The highest BCUT2D eigenvalue weighted by Gasteiger charge is 2.40. The van der Waals surface area contributed by atoms with E-state index in [2.05, 4.69) is 16.5 Å². The van der Waals surface area contributed by atoms with Gasteiger partial charge in [-0.15, -0.1) is 0 Å². The molecule has 0 bridgehead atoms. The quantitative estimate of drug-likeness (QED) is 0.420. The molecule has 0 saturated carbocycles. The maximum Gasteiger partial charge on any atom is 0.350 e. The predicted octanol–water partition coefficient (Wildman–Crippen LogP) is 4.39. The largest absolute Gasteiger partial charge is 0.488 e. The molecular formula is C32H36ClF2N5O4. The van der Waals surface area contributed by atoms with Gasteiger partial charge in [0.15, 0.2) is 5.75 Å². The molecule has 44 heavy (non-hydrogen) atoms. The molecule has 9 nitrogen and oxygen atoms in total. The smallest absolute Gasteiger partial charge is 0.350 e. The molecular weight excluding hydrogens is 592 g/mol. The van der Waals surface area contributed by atoms with Crippen LogP contribution < -0.4 is 15.3 Å². The standard InChI is InChI=1S/C32H36ClF2N5O4/c1-5-26(41)38-15-19(3)39(16-18(38)2)30-23-13-24(33)27(22-7-6-20(34)12-25(22)35)29-28(23)40(31(42)36-30)21(17-44-29)14-32(43)8-10-37(4)11-9-32/h5-7,12-13,18-19,21,43H,1,8-11,14-17H2,2-4H3/t18-,19+,21+/m1/s1. The number of amides is 1. The molecule has 12 heteroatoms. The van der Waals surface area contributed by atoms with Crippen LogP contribution >= 0.6 is 11.6 Å². The number of benzene rings is 2. The SMILES string of the molecule is C=CC(=O)N1C[C@H](C)N(c2nc(=O)n3c4c(c(-c5ccc(F)cc5F)c(Cl)cc24)OC[C@@H]3CC2(O)CCN(C)CC2)C[C@H]1C. The minimum absolute atomic E-state index is 0.0348. The Morgan fingerprint density at radius 2 is 1.93 bits per heavy atom. The molecule has 1 N–H and O–H groups in total. The molecule has 2 aromatic carbocycles. The Balaban J connectivity index is 1.54. The van der Waals surface area contributed by atoms with Crippen molar-refractivity contribution in [1.82, 2.24) is 19.4 Å². The maximum atomic E-state index is 15.2. The summed E-state index contributed by atoms with van der Waals surface area (Å²) >= 11 is 6.85. The molecule has 0 unspecified atom stereocenters. The summed E-state index contributed by atoms with van der Waals surface area (Å²) in [6, 6.07) is 3.91. The Morgan fingerprint density at radius 1 is 1.20 bits per heavy atom. The molecule has 3 aliphatic rings. The number of aliphatic hydroxyl groups is 1. The Hall–Kier alpha value is -3.54. The van der Waals surface area contributed by atoms with Crippen LogP contribution in [0.5, 0.6) is 5.75 Å². The van der Waals surface area contributed by atoms with Crippen LogP contribution in [0.15, 0.2) is 41.7 Å². The van der Waals surface area contributed by atoms with Crippen molar-refractivity contribution in [2.45, 2.75) is 56.8 Å². The number of carbonyl (C=O) groups is 1. The average Bonchev–Trinajstić information content (AvgIpc) is 2.98. The van der Waals surface area contributed by atoms with E-state index < -0.39 is 29.0 Å². The second-order valence-corrected chi connectivity index (χ2v) is 12.8. The topological polar surface area (TPSA) is 91.1 Å². The average molecular weight is 628 g/mol. The van der Waals surface area contributed by atoms with Crippen molar-refractivity contribution < 1.29 is 23.4 Å². The minimum atomic E-state index is -1.00. The van der Waals surface area contributed by atoms with Crippen molar-refractivity contribution in [1.29, 1.82) is 0 Å². The number of rotatable bonds is 5. The van der Waals surface area contributed by atoms with E-state index in [1.54, 1.807) is 15.5 Å². The fraction of sp³-hybridized carbons (Fsp3) is 0.469. The van der Waals surface area contributed by atoms with Gasteiger partial charge in [0.25, 0.3) is 0 Å². The number of piperazine rings is 1. The van der Waals surface area contributed by atoms with Crippen LogP contribution in [0.3, 0.4) is 0 Å². The monoisotopic (exact) mass is 627 g/mol. The first-order valence-electron chi connectivity index (χ1n) is 14.9. The lowest BCUT2D eigenvalue weighted by atomic mass is 9.85. The van der Waals surface area contributed by atoms with E-state index in [0.29, 0.717) is 42.7 Å². The number of ether oxygens (including phenoxy) is 1. The molecule has 234 valence electrons. The maximum absolute atomic E-state index is 15.2. The number of likely N-dealkylation sites (tertiary alicyclic amines) is 1.